The van der Waals surface area contributed by atoms with E-state index in [4.69, 9.17) is 0 Å². The van der Waals surface area contributed by atoms with E-state index in [2.05, 4.69) is 9.72 Å². The van der Waals surface area contributed by atoms with Gasteiger partial charge in [-0.2, -0.15) is 4.39 Å². The molecule has 1 heterocycles. The first-order chi connectivity index (χ1) is 8.11. The second-order valence-corrected chi connectivity index (χ2v) is 2.78. The van der Waals surface area contributed by atoms with Crippen LogP contribution in [0.3, 0.4) is 0 Å². The first kappa shape index (κ1) is 14.0. The van der Waals surface area contributed by atoms with Gasteiger partial charge in [0, 0.05) is 6.07 Å². The molecule has 0 N–H and O–H groups in total. The van der Waals surface area contributed by atoms with Gasteiger partial charge < -0.3 is 14.9 Å². The second kappa shape index (κ2) is 4.66. The topological polar surface area (TPSA) is 65.3 Å². The van der Waals surface area contributed by atoms with E-state index in [0.717, 1.165) is 0 Å². The van der Waals surface area contributed by atoms with Crippen molar-refractivity contribution in [2.24, 2.45) is 0 Å². The molecule has 0 spiro atoms. The van der Waals surface area contributed by atoms with Gasteiger partial charge in [-0.15, -0.1) is 13.2 Å². The van der Waals surface area contributed by atoms with Gasteiger partial charge in [0.1, 0.15) is 0 Å². The minimum atomic E-state index is -5.35. The molecule has 1 rings (SSSR count). The van der Waals surface area contributed by atoms with Gasteiger partial charge in [0.2, 0.25) is 5.82 Å². The van der Waals surface area contributed by atoms with Crippen molar-refractivity contribution in [1.82, 2.24) is 4.98 Å². The van der Waals surface area contributed by atoms with Gasteiger partial charge in [0.15, 0.2) is 5.75 Å². The maximum Gasteiger partial charge on any atom is 0.573 e. The van der Waals surface area contributed by atoms with Crippen molar-refractivity contribution in [2.75, 3.05) is 0 Å². The Labute approximate surface area is 94.1 Å². The lowest BCUT2D eigenvalue weighted by Crippen LogP contribution is -2.19. The number of ether oxygens (including phenoxy) is 1. The van der Waals surface area contributed by atoms with Crippen LogP contribution in [0.4, 0.5) is 32.2 Å². The number of hydrogen-bond donors (Lipinski definition) is 0. The van der Waals surface area contributed by atoms with Crippen LogP contribution in [0.2, 0.25) is 0 Å². The Hall–Kier alpha value is -2.07. The number of hydrogen-bond acceptors (Lipinski definition) is 4. The molecule has 11 heteroatoms. The number of nitro groups is 1. The first-order valence-corrected chi connectivity index (χ1v) is 4.00. The predicted molar refractivity (Wildman–Crippen MR) is 42.5 cm³/mol. The van der Waals surface area contributed by atoms with E-state index < -0.39 is 40.8 Å². The quantitative estimate of drug-likeness (QED) is 0.483. The van der Waals surface area contributed by atoms with Crippen LogP contribution < -0.4 is 4.74 Å². The van der Waals surface area contributed by atoms with Crippen LogP contribution in [0.5, 0.6) is 5.75 Å². The number of nitrogens with zero attached hydrogens (tertiary/aromatic N) is 2. The van der Waals surface area contributed by atoms with Crippen molar-refractivity contribution >= 4 is 5.82 Å². The molecule has 1 aromatic rings. The Morgan fingerprint density at radius 3 is 2.33 bits per heavy atom. The summed E-state index contributed by atoms with van der Waals surface area (Å²) in [6.45, 7) is 0. The van der Waals surface area contributed by atoms with E-state index >= 15 is 0 Å². The van der Waals surface area contributed by atoms with Crippen LogP contribution in [-0.2, 0) is 0 Å². The molecule has 5 nitrogen and oxygen atoms in total. The van der Waals surface area contributed by atoms with Crippen molar-refractivity contribution < 1.29 is 36.0 Å². The maximum absolute atomic E-state index is 12.9. The summed E-state index contributed by atoms with van der Waals surface area (Å²) in [6, 6.07) is -0.167. The summed E-state index contributed by atoms with van der Waals surface area (Å²) in [4.78, 5) is 11.2. The molecule has 0 unspecified atom stereocenters. The molecule has 0 aromatic carbocycles. The average molecular weight is 276 g/mol. The molecular formula is C7H2F6N2O3. The fourth-order valence-electron chi connectivity index (χ4n) is 0.967. The zero-order valence-electron chi connectivity index (χ0n) is 8.04. The molecule has 1 aromatic heterocycles. The zero-order chi connectivity index (χ0) is 14.1. The monoisotopic (exact) mass is 276 g/mol. The highest BCUT2D eigenvalue weighted by molar-refractivity contribution is 5.36. The standard InChI is InChI=1S/C7H2F6N2O3/c8-2-1-3(18-7(11,12)13)4(5(9)10)14-6(2)15(16)17/h1,5H. The number of pyridine rings is 1. The largest absolute Gasteiger partial charge is 0.573 e. The number of halogens is 6. The smallest absolute Gasteiger partial charge is 0.401 e. The van der Waals surface area contributed by atoms with Gasteiger partial charge in [-0.3, -0.25) is 0 Å². The molecule has 0 aliphatic carbocycles. The van der Waals surface area contributed by atoms with Gasteiger partial charge >= 0.3 is 18.6 Å². The Balaban J connectivity index is 3.34. The van der Waals surface area contributed by atoms with E-state index in [1.165, 1.54) is 0 Å². The van der Waals surface area contributed by atoms with Crippen LogP contribution in [0.15, 0.2) is 6.07 Å². The van der Waals surface area contributed by atoms with Crippen molar-refractivity contribution in [3.05, 3.63) is 27.7 Å². The number of alkyl halides is 5. The minimum Gasteiger partial charge on any atom is -0.401 e. The van der Waals surface area contributed by atoms with E-state index in [1.807, 2.05) is 0 Å². The predicted octanol–water partition coefficient (Wildman–Crippen LogP) is 2.97. The van der Waals surface area contributed by atoms with Crippen LogP contribution in [-0.4, -0.2) is 16.3 Å². The highest BCUT2D eigenvalue weighted by Crippen LogP contribution is 2.34. The Bertz CT molecular complexity index is 475. The molecule has 18 heavy (non-hydrogen) atoms. The van der Waals surface area contributed by atoms with Gasteiger partial charge in [0.25, 0.3) is 5.69 Å². The Morgan fingerprint density at radius 1 is 1.39 bits per heavy atom. The van der Waals surface area contributed by atoms with Crippen LogP contribution >= 0.6 is 0 Å². The van der Waals surface area contributed by atoms with E-state index in [9.17, 15) is 36.5 Å². The fraction of sp³-hybridized carbons (Fsp3) is 0.286. The third-order valence-corrected chi connectivity index (χ3v) is 1.56. The van der Waals surface area contributed by atoms with Gasteiger partial charge in [-0.25, -0.2) is 8.78 Å². The second-order valence-electron chi connectivity index (χ2n) is 2.78. The molecular weight excluding hydrogens is 274 g/mol. The van der Waals surface area contributed by atoms with Crippen LogP contribution in [0.1, 0.15) is 12.1 Å². The lowest BCUT2D eigenvalue weighted by Gasteiger charge is -2.10. The summed E-state index contributed by atoms with van der Waals surface area (Å²) in [5.74, 6) is -5.05. The van der Waals surface area contributed by atoms with E-state index in [-0.39, 0.29) is 6.07 Å². The molecule has 0 aliphatic rings. The SMILES string of the molecule is O=[N+]([O-])c1nc(C(F)F)c(OC(F)(F)F)cc1F. The summed E-state index contributed by atoms with van der Waals surface area (Å²) in [6.07, 6.45) is -8.95. The normalized spacial score (nSPS) is 11.7. The van der Waals surface area contributed by atoms with Gasteiger partial charge in [0.05, 0.1) is 0 Å². The molecule has 0 saturated heterocycles. The lowest BCUT2D eigenvalue weighted by atomic mass is 10.3. The number of aromatic nitrogens is 1. The highest BCUT2D eigenvalue weighted by Gasteiger charge is 2.37. The highest BCUT2D eigenvalue weighted by atomic mass is 19.4. The average Bonchev–Trinajstić information content (AvgIpc) is 2.13. The molecule has 0 radical (unpaired) electrons. The first-order valence-electron chi connectivity index (χ1n) is 4.00. The molecule has 100 valence electrons. The minimum absolute atomic E-state index is 0.167. The van der Waals surface area contributed by atoms with Crippen molar-refractivity contribution in [3.63, 3.8) is 0 Å². The molecule has 0 saturated carbocycles. The molecule has 0 fully saturated rings. The van der Waals surface area contributed by atoms with Crippen molar-refractivity contribution in [3.8, 4) is 5.75 Å². The third kappa shape index (κ3) is 3.21. The lowest BCUT2D eigenvalue weighted by molar-refractivity contribution is -0.392. The van der Waals surface area contributed by atoms with Crippen LogP contribution in [0, 0.1) is 15.9 Å². The molecule has 0 aliphatic heterocycles. The molecule has 0 amide bonds. The van der Waals surface area contributed by atoms with Crippen molar-refractivity contribution in [2.45, 2.75) is 12.8 Å². The van der Waals surface area contributed by atoms with Gasteiger partial charge in [-0.1, -0.05) is 0 Å². The third-order valence-electron chi connectivity index (χ3n) is 1.56. The Morgan fingerprint density at radius 2 is 1.94 bits per heavy atom. The summed E-state index contributed by atoms with van der Waals surface area (Å²) in [5.41, 5.74) is -1.67. The van der Waals surface area contributed by atoms with Gasteiger partial charge in [-0.05, 0) is 9.91 Å². The van der Waals surface area contributed by atoms with E-state index in [1.54, 1.807) is 0 Å². The molecule has 0 bridgehead atoms. The van der Waals surface area contributed by atoms with Crippen LogP contribution in [0.25, 0.3) is 0 Å². The fourth-order valence-corrected chi connectivity index (χ4v) is 0.967. The summed E-state index contributed by atoms with van der Waals surface area (Å²) >= 11 is 0. The summed E-state index contributed by atoms with van der Waals surface area (Å²) in [7, 11) is 0. The summed E-state index contributed by atoms with van der Waals surface area (Å²) < 4.78 is 76.1. The maximum atomic E-state index is 12.9. The number of rotatable bonds is 3. The zero-order valence-corrected chi connectivity index (χ0v) is 8.04. The Kier molecular flexibility index (Phi) is 3.62. The molecule has 0 atom stereocenters. The van der Waals surface area contributed by atoms with Crippen molar-refractivity contribution in [1.29, 1.82) is 0 Å². The van der Waals surface area contributed by atoms with E-state index in [0.29, 0.717) is 0 Å². The summed E-state index contributed by atoms with van der Waals surface area (Å²) in [5, 5.41) is 10.2.